The van der Waals surface area contributed by atoms with Gasteiger partial charge in [0.2, 0.25) is 0 Å². The van der Waals surface area contributed by atoms with Crippen molar-refractivity contribution in [3.05, 3.63) is 47.0 Å². The summed E-state index contributed by atoms with van der Waals surface area (Å²) >= 11 is 0. The highest BCUT2D eigenvalue weighted by Gasteiger charge is 2.34. The van der Waals surface area contributed by atoms with Gasteiger partial charge in [-0.3, -0.25) is 4.79 Å². The number of nitrogens with zero attached hydrogens (tertiary/aromatic N) is 3. The molecule has 1 saturated heterocycles. The highest BCUT2D eigenvalue weighted by molar-refractivity contribution is 6.06. The van der Waals surface area contributed by atoms with Crippen LogP contribution in [0.3, 0.4) is 0 Å². The van der Waals surface area contributed by atoms with Crippen molar-refractivity contribution in [1.82, 2.24) is 20.0 Å². The summed E-state index contributed by atoms with van der Waals surface area (Å²) < 4.78 is 5.38. The van der Waals surface area contributed by atoms with E-state index in [9.17, 15) is 4.79 Å². The lowest BCUT2D eigenvalue weighted by Gasteiger charge is -2.24. The van der Waals surface area contributed by atoms with Gasteiger partial charge in [-0.05, 0) is 50.8 Å². The van der Waals surface area contributed by atoms with Gasteiger partial charge in [-0.2, -0.15) is 0 Å². The minimum atomic E-state index is 0.0534. The van der Waals surface area contributed by atoms with E-state index in [-0.39, 0.29) is 11.9 Å². The van der Waals surface area contributed by atoms with Crippen LogP contribution < -0.4 is 0 Å². The van der Waals surface area contributed by atoms with Gasteiger partial charge in [0.1, 0.15) is 0 Å². The maximum absolute atomic E-state index is 13.4. The summed E-state index contributed by atoms with van der Waals surface area (Å²) in [5.74, 6) is 0.511. The summed E-state index contributed by atoms with van der Waals surface area (Å²) in [5.41, 5.74) is 3.96. The lowest BCUT2D eigenvalue weighted by Crippen LogP contribution is -2.31. The molecule has 128 valence electrons. The number of amides is 1. The first-order valence-corrected chi connectivity index (χ1v) is 8.93. The molecule has 3 aromatic rings. The van der Waals surface area contributed by atoms with E-state index in [4.69, 9.17) is 4.52 Å². The molecule has 25 heavy (non-hydrogen) atoms. The maximum Gasteiger partial charge on any atom is 0.259 e. The number of carbonyl (C=O) groups excluding carboxylic acids is 1. The number of H-pyrrole nitrogens is 1. The zero-order valence-corrected chi connectivity index (χ0v) is 14.2. The van der Waals surface area contributed by atoms with Crippen LogP contribution in [0, 0.1) is 6.92 Å². The summed E-state index contributed by atoms with van der Waals surface area (Å²) in [5, 5.41) is 4.80. The smallest absolute Gasteiger partial charge is 0.259 e. The zero-order valence-electron chi connectivity index (χ0n) is 14.2. The van der Waals surface area contributed by atoms with Gasteiger partial charge in [-0.15, -0.1) is 0 Å². The molecule has 0 bridgehead atoms. The number of hydrogen-bond donors (Lipinski definition) is 1. The van der Waals surface area contributed by atoms with E-state index < -0.39 is 0 Å². The third-order valence-electron chi connectivity index (χ3n) is 5.36. The van der Waals surface area contributed by atoms with Gasteiger partial charge in [0.15, 0.2) is 0 Å². The second-order valence-electron chi connectivity index (χ2n) is 7.10. The fraction of sp³-hybridized carbons (Fsp3) is 0.421. The number of aryl methyl sites for hydroxylation is 1. The van der Waals surface area contributed by atoms with E-state index in [0.717, 1.165) is 54.7 Å². The third kappa shape index (κ3) is 2.35. The molecule has 1 aliphatic heterocycles. The van der Waals surface area contributed by atoms with Crippen LogP contribution in [-0.2, 0) is 0 Å². The van der Waals surface area contributed by atoms with E-state index in [2.05, 4.69) is 21.2 Å². The van der Waals surface area contributed by atoms with Crippen LogP contribution in [0.4, 0.5) is 0 Å². The Morgan fingerprint density at radius 2 is 2.24 bits per heavy atom. The molecule has 0 spiro atoms. The molecule has 4 heterocycles. The van der Waals surface area contributed by atoms with Crippen molar-refractivity contribution in [1.29, 1.82) is 0 Å². The van der Waals surface area contributed by atoms with E-state index in [0.29, 0.717) is 17.2 Å². The molecule has 3 aromatic heterocycles. The van der Waals surface area contributed by atoms with Gasteiger partial charge in [0.05, 0.1) is 22.7 Å². The summed E-state index contributed by atoms with van der Waals surface area (Å²) in [6.45, 7) is 2.64. The monoisotopic (exact) mass is 336 g/mol. The first-order valence-electron chi connectivity index (χ1n) is 8.93. The molecule has 0 radical (unpaired) electrons. The lowest BCUT2D eigenvalue weighted by molar-refractivity contribution is 0.0735. The Hall–Kier alpha value is -2.63. The Morgan fingerprint density at radius 1 is 1.36 bits per heavy atom. The number of nitrogens with one attached hydrogen (secondary N) is 1. The maximum atomic E-state index is 13.4. The minimum Gasteiger partial charge on any atom is -0.363 e. The molecule has 1 atom stereocenters. The Kier molecular flexibility index (Phi) is 3.20. The second-order valence-corrected chi connectivity index (χ2v) is 7.10. The van der Waals surface area contributed by atoms with Crippen molar-refractivity contribution < 1.29 is 9.32 Å². The number of rotatable bonds is 3. The normalized spacial score (nSPS) is 20.5. The molecular weight excluding hydrogens is 316 g/mol. The molecule has 0 aromatic carbocycles. The van der Waals surface area contributed by atoms with Gasteiger partial charge in [-0.1, -0.05) is 5.16 Å². The summed E-state index contributed by atoms with van der Waals surface area (Å²) in [7, 11) is 0. The molecule has 6 nitrogen and oxygen atoms in total. The summed E-state index contributed by atoms with van der Waals surface area (Å²) in [6.07, 6.45) is 6.18. The van der Waals surface area contributed by atoms with Crippen LogP contribution in [0.1, 0.15) is 65.1 Å². The quantitative estimate of drug-likeness (QED) is 0.791. The molecule has 0 unspecified atom stereocenters. The SMILES string of the molecule is Cc1noc2nc(C3CC3)cc(C(=O)N3CCC[C@@H]3c3ccc[nH]3)c12. The fourth-order valence-electron chi connectivity index (χ4n) is 3.91. The van der Waals surface area contributed by atoms with E-state index in [1.165, 1.54) is 0 Å². The summed E-state index contributed by atoms with van der Waals surface area (Å²) in [6, 6.07) is 6.11. The van der Waals surface area contributed by atoms with Crippen LogP contribution in [0.15, 0.2) is 28.9 Å². The van der Waals surface area contributed by atoms with Gasteiger partial charge in [0, 0.05) is 30.0 Å². The van der Waals surface area contributed by atoms with E-state index in [1.807, 2.05) is 30.2 Å². The molecule has 1 N–H and O–H groups in total. The zero-order chi connectivity index (χ0) is 17.0. The molecule has 1 amide bonds. The van der Waals surface area contributed by atoms with Crippen LogP contribution in [0.25, 0.3) is 11.1 Å². The van der Waals surface area contributed by atoms with Gasteiger partial charge in [-0.25, -0.2) is 4.98 Å². The average Bonchev–Trinajstić information content (AvgIpc) is 3.02. The van der Waals surface area contributed by atoms with Crippen LogP contribution in [0.2, 0.25) is 0 Å². The largest absolute Gasteiger partial charge is 0.363 e. The molecule has 5 rings (SSSR count). The fourth-order valence-corrected chi connectivity index (χ4v) is 3.91. The van der Waals surface area contributed by atoms with Crippen LogP contribution >= 0.6 is 0 Å². The van der Waals surface area contributed by atoms with Crippen molar-refractivity contribution in [3.63, 3.8) is 0 Å². The highest BCUT2D eigenvalue weighted by Crippen LogP contribution is 2.41. The molecular formula is C19H20N4O2. The third-order valence-corrected chi connectivity index (χ3v) is 5.36. The van der Waals surface area contributed by atoms with E-state index in [1.54, 1.807) is 0 Å². The van der Waals surface area contributed by atoms with Crippen LogP contribution in [-0.4, -0.2) is 32.5 Å². The molecule has 2 aliphatic rings. The minimum absolute atomic E-state index is 0.0534. The Labute approximate surface area is 145 Å². The first kappa shape index (κ1) is 14.7. The number of aromatic nitrogens is 3. The number of pyridine rings is 1. The van der Waals surface area contributed by atoms with Crippen molar-refractivity contribution in [3.8, 4) is 0 Å². The number of hydrogen-bond acceptors (Lipinski definition) is 4. The van der Waals surface area contributed by atoms with Crippen molar-refractivity contribution in [2.75, 3.05) is 6.54 Å². The van der Waals surface area contributed by atoms with Gasteiger partial charge in [0.25, 0.3) is 11.6 Å². The molecule has 2 fully saturated rings. The van der Waals surface area contributed by atoms with Crippen molar-refractivity contribution in [2.24, 2.45) is 0 Å². The number of fused-ring (bicyclic) bond motifs is 1. The second kappa shape index (κ2) is 5.44. The highest BCUT2D eigenvalue weighted by atomic mass is 16.5. The van der Waals surface area contributed by atoms with Crippen molar-refractivity contribution >= 4 is 17.0 Å². The van der Waals surface area contributed by atoms with Gasteiger partial charge < -0.3 is 14.4 Å². The Balaban J connectivity index is 1.59. The van der Waals surface area contributed by atoms with Gasteiger partial charge >= 0.3 is 0 Å². The topological polar surface area (TPSA) is 75.0 Å². The average molecular weight is 336 g/mol. The summed E-state index contributed by atoms with van der Waals surface area (Å²) in [4.78, 5) is 23.3. The Morgan fingerprint density at radius 3 is 3.00 bits per heavy atom. The van der Waals surface area contributed by atoms with Crippen LogP contribution in [0.5, 0.6) is 0 Å². The molecule has 6 heteroatoms. The predicted molar refractivity (Wildman–Crippen MR) is 92.3 cm³/mol. The van der Waals surface area contributed by atoms with E-state index >= 15 is 0 Å². The van der Waals surface area contributed by atoms with Crippen molar-refractivity contribution in [2.45, 2.75) is 44.6 Å². The molecule has 1 saturated carbocycles. The lowest BCUT2D eigenvalue weighted by atomic mass is 10.1. The number of carbonyl (C=O) groups is 1. The molecule has 1 aliphatic carbocycles. The number of likely N-dealkylation sites (tertiary alicyclic amines) is 1. The first-order chi connectivity index (χ1) is 12.2. The standard InChI is InChI=1S/C19H20N4O2/c1-11-17-13(10-15(12-6-7-12)21-18(17)25-22-11)19(24)23-9-3-5-16(23)14-4-2-8-20-14/h2,4,8,10,12,16,20H,3,5-7,9H2,1H3/t16-/m1/s1. The predicted octanol–water partition coefficient (Wildman–Crippen LogP) is 3.71. The number of aromatic amines is 1. The Bertz CT molecular complexity index is 940.